The van der Waals surface area contributed by atoms with Gasteiger partial charge in [-0.3, -0.25) is 4.79 Å². The number of para-hydroxylation sites is 1. The number of amides is 1. The number of carbonyl (C=O) groups excluding carboxylic acids is 1. The van der Waals surface area contributed by atoms with E-state index in [-0.39, 0.29) is 11.9 Å². The number of benzene rings is 1. The van der Waals surface area contributed by atoms with E-state index in [1.165, 1.54) is 0 Å². The molecule has 4 heteroatoms. The highest BCUT2D eigenvalue weighted by Gasteiger charge is 2.15. The molecule has 2 aromatic rings. The Balaban J connectivity index is 2.14. The highest BCUT2D eigenvalue weighted by Crippen LogP contribution is 2.30. The standard InChI is InChI=1S/C16H21NO3/c1-4-5-9-15(18)17-11(2)14-10-12-7-6-8-13(19-3)16(12)20-14/h6-8,10-11H,4-5,9H2,1-3H3,(H,17,18). The van der Waals surface area contributed by atoms with E-state index in [9.17, 15) is 4.79 Å². The third kappa shape index (κ3) is 3.13. The molecular formula is C16H21NO3. The molecule has 2 rings (SSSR count). The zero-order valence-corrected chi connectivity index (χ0v) is 12.2. The fourth-order valence-electron chi connectivity index (χ4n) is 2.15. The number of fused-ring (bicyclic) bond motifs is 1. The van der Waals surface area contributed by atoms with Crippen molar-refractivity contribution in [3.8, 4) is 5.75 Å². The van der Waals surface area contributed by atoms with Crippen LogP contribution in [0.25, 0.3) is 11.0 Å². The highest BCUT2D eigenvalue weighted by molar-refractivity contribution is 5.84. The fourth-order valence-corrected chi connectivity index (χ4v) is 2.15. The molecule has 1 N–H and O–H groups in total. The smallest absolute Gasteiger partial charge is 0.220 e. The molecule has 0 spiro atoms. The van der Waals surface area contributed by atoms with Crippen molar-refractivity contribution in [2.75, 3.05) is 7.11 Å². The summed E-state index contributed by atoms with van der Waals surface area (Å²) in [5.41, 5.74) is 0.722. The normalized spacial score (nSPS) is 12.3. The van der Waals surface area contributed by atoms with Crippen molar-refractivity contribution < 1.29 is 13.9 Å². The summed E-state index contributed by atoms with van der Waals surface area (Å²) in [6.07, 6.45) is 2.49. The molecule has 0 fully saturated rings. The minimum atomic E-state index is -0.142. The summed E-state index contributed by atoms with van der Waals surface area (Å²) in [5.74, 6) is 1.51. The number of furan rings is 1. The summed E-state index contributed by atoms with van der Waals surface area (Å²) in [6.45, 7) is 4.00. The Hall–Kier alpha value is -1.97. The average Bonchev–Trinajstić information content (AvgIpc) is 2.89. The minimum absolute atomic E-state index is 0.0618. The van der Waals surface area contributed by atoms with Gasteiger partial charge in [-0.2, -0.15) is 0 Å². The second-order valence-corrected chi connectivity index (χ2v) is 4.92. The first kappa shape index (κ1) is 14.4. The molecule has 0 saturated heterocycles. The van der Waals surface area contributed by atoms with Gasteiger partial charge in [-0.05, 0) is 25.5 Å². The van der Waals surface area contributed by atoms with Crippen molar-refractivity contribution in [3.05, 3.63) is 30.0 Å². The van der Waals surface area contributed by atoms with Crippen LogP contribution in [0.2, 0.25) is 0 Å². The Kier molecular flexibility index (Phi) is 4.66. The number of ether oxygens (including phenoxy) is 1. The van der Waals surface area contributed by atoms with Crippen LogP contribution in [-0.2, 0) is 4.79 Å². The molecule has 0 aliphatic carbocycles. The number of unbranched alkanes of at least 4 members (excludes halogenated alkanes) is 1. The summed E-state index contributed by atoms with van der Waals surface area (Å²) < 4.78 is 11.1. The van der Waals surface area contributed by atoms with Gasteiger partial charge in [0.2, 0.25) is 5.91 Å². The van der Waals surface area contributed by atoms with Crippen molar-refractivity contribution in [2.24, 2.45) is 0 Å². The molecule has 1 aromatic heterocycles. The van der Waals surface area contributed by atoms with Crippen LogP contribution in [0.1, 0.15) is 44.9 Å². The fraction of sp³-hybridized carbons (Fsp3) is 0.438. The van der Waals surface area contributed by atoms with Crippen molar-refractivity contribution in [1.29, 1.82) is 0 Å². The summed E-state index contributed by atoms with van der Waals surface area (Å²) in [6, 6.07) is 7.56. The molecule has 1 unspecified atom stereocenters. The predicted molar refractivity (Wildman–Crippen MR) is 78.8 cm³/mol. The lowest BCUT2D eigenvalue weighted by atomic mass is 10.2. The SMILES string of the molecule is CCCCC(=O)NC(C)c1cc2cccc(OC)c2o1. The van der Waals surface area contributed by atoms with Gasteiger partial charge in [0.05, 0.1) is 13.2 Å². The van der Waals surface area contributed by atoms with Gasteiger partial charge in [0.1, 0.15) is 5.76 Å². The van der Waals surface area contributed by atoms with Crippen LogP contribution in [0, 0.1) is 0 Å². The van der Waals surface area contributed by atoms with Crippen LogP contribution < -0.4 is 10.1 Å². The summed E-state index contributed by atoms with van der Waals surface area (Å²) in [4.78, 5) is 11.7. The molecule has 4 nitrogen and oxygen atoms in total. The van der Waals surface area contributed by atoms with Crippen LogP contribution in [0.5, 0.6) is 5.75 Å². The molecule has 0 aliphatic heterocycles. The highest BCUT2D eigenvalue weighted by atomic mass is 16.5. The number of nitrogens with one attached hydrogen (secondary N) is 1. The molecule has 1 heterocycles. The molecule has 1 aromatic carbocycles. The zero-order chi connectivity index (χ0) is 14.5. The van der Waals surface area contributed by atoms with Gasteiger partial charge < -0.3 is 14.5 Å². The van der Waals surface area contributed by atoms with Crippen molar-refractivity contribution in [3.63, 3.8) is 0 Å². The van der Waals surface area contributed by atoms with Gasteiger partial charge >= 0.3 is 0 Å². The maximum Gasteiger partial charge on any atom is 0.220 e. The van der Waals surface area contributed by atoms with E-state index in [1.54, 1.807) is 7.11 Å². The van der Waals surface area contributed by atoms with E-state index in [4.69, 9.17) is 9.15 Å². The second kappa shape index (κ2) is 6.46. The lowest BCUT2D eigenvalue weighted by Gasteiger charge is -2.10. The largest absolute Gasteiger partial charge is 0.493 e. The van der Waals surface area contributed by atoms with Crippen molar-refractivity contribution >= 4 is 16.9 Å². The van der Waals surface area contributed by atoms with E-state index in [0.717, 1.165) is 29.6 Å². The van der Waals surface area contributed by atoms with Gasteiger partial charge in [0, 0.05) is 11.8 Å². The van der Waals surface area contributed by atoms with Crippen LogP contribution in [0.15, 0.2) is 28.7 Å². The lowest BCUT2D eigenvalue weighted by molar-refractivity contribution is -0.121. The first-order valence-electron chi connectivity index (χ1n) is 7.01. The number of methoxy groups -OCH3 is 1. The van der Waals surface area contributed by atoms with Gasteiger partial charge in [-0.25, -0.2) is 0 Å². The van der Waals surface area contributed by atoms with Crippen LogP contribution >= 0.6 is 0 Å². The van der Waals surface area contributed by atoms with Gasteiger partial charge in [-0.1, -0.05) is 25.5 Å². The van der Waals surface area contributed by atoms with Gasteiger partial charge in [0.15, 0.2) is 11.3 Å². The summed E-state index contributed by atoms with van der Waals surface area (Å²) in [5, 5.41) is 3.94. The van der Waals surface area contributed by atoms with E-state index < -0.39 is 0 Å². The Morgan fingerprint density at radius 2 is 2.25 bits per heavy atom. The quantitative estimate of drug-likeness (QED) is 0.872. The first-order valence-corrected chi connectivity index (χ1v) is 7.01. The Morgan fingerprint density at radius 3 is 2.95 bits per heavy atom. The summed E-state index contributed by atoms with van der Waals surface area (Å²) >= 11 is 0. The Morgan fingerprint density at radius 1 is 1.45 bits per heavy atom. The maximum absolute atomic E-state index is 11.7. The molecule has 0 aliphatic rings. The zero-order valence-electron chi connectivity index (χ0n) is 12.2. The van der Waals surface area contributed by atoms with E-state index in [2.05, 4.69) is 12.2 Å². The van der Waals surface area contributed by atoms with Crippen LogP contribution in [0.4, 0.5) is 0 Å². The molecule has 0 radical (unpaired) electrons. The third-order valence-corrected chi connectivity index (χ3v) is 3.31. The Bertz CT molecular complexity index is 588. The van der Waals surface area contributed by atoms with Crippen molar-refractivity contribution in [2.45, 2.75) is 39.2 Å². The molecule has 1 amide bonds. The predicted octanol–water partition coefficient (Wildman–Crippen LogP) is 3.81. The monoisotopic (exact) mass is 275 g/mol. The molecule has 0 saturated carbocycles. The number of hydrogen-bond acceptors (Lipinski definition) is 3. The second-order valence-electron chi connectivity index (χ2n) is 4.92. The number of carbonyl (C=O) groups is 1. The number of rotatable bonds is 6. The van der Waals surface area contributed by atoms with E-state index >= 15 is 0 Å². The molecule has 1 atom stereocenters. The van der Waals surface area contributed by atoms with E-state index in [0.29, 0.717) is 12.2 Å². The summed E-state index contributed by atoms with van der Waals surface area (Å²) in [7, 11) is 1.62. The average molecular weight is 275 g/mol. The minimum Gasteiger partial charge on any atom is -0.493 e. The van der Waals surface area contributed by atoms with Crippen LogP contribution in [0.3, 0.4) is 0 Å². The molecular weight excluding hydrogens is 254 g/mol. The number of hydrogen-bond donors (Lipinski definition) is 1. The maximum atomic E-state index is 11.7. The molecule has 0 bridgehead atoms. The van der Waals surface area contributed by atoms with Crippen molar-refractivity contribution in [1.82, 2.24) is 5.32 Å². The van der Waals surface area contributed by atoms with Crippen LogP contribution in [-0.4, -0.2) is 13.0 Å². The lowest BCUT2D eigenvalue weighted by Crippen LogP contribution is -2.25. The Labute approximate surface area is 119 Å². The molecule has 20 heavy (non-hydrogen) atoms. The first-order chi connectivity index (χ1) is 9.65. The van der Waals surface area contributed by atoms with Gasteiger partial charge in [0.25, 0.3) is 0 Å². The van der Waals surface area contributed by atoms with Gasteiger partial charge in [-0.15, -0.1) is 0 Å². The van der Waals surface area contributed by atoms with E-state index in [1.807, 2.05) is 31.2 Å². The topological polar surface area (TPSA) is 51.5 Å². The molecule has 108 valence electrons. The third-order valence-electron chi connectivity index (χ3n) is 3.31.